The summed E-state index contributed by atoms with van der Waals surface area (Å²) in [5.74, 6) is 0.620. The molecule has 1 aliphatic rings. The standard InChI is InChI=1S/C30H25N3O/c1-30(25-10-6-4-7-11-25)21-24(29(22-31)32-2)20-28(34-30)19-16-23-14-17-27(18-15-23)33(3)26-12-8-5-9-13-26/h4-20H,21H2,1,3H3. The molecule has 4 nitrogen and oxygen atoms in total. The van der Waals surface area contributed by atoms with Crippen molar-refractivity contribution in [1.82, 2.24) is 0 Å². The summed E-state index contributed by atoms with van der Waals surface area (Å²) in [5.41, 5.74) is 4.37. The number of ether oxygens (including phenoxy) is 1. The predicted octanol–water partition coefficient (Wildman–Crippen LogP) is 7.38. The van der Waals surface area contributed by atoms with Crippen molar-refractivity contribution in [3.05, 3.63) is 137 Å². The van der Waals surface area contributed by atoms with Gasteiger partial charge in [-0.05, 0) is 60.0 Å². The second-order valence-electron chi connectivity index (χ2n) is 8.34. The molecule has 1 unspecified atom stereocenters. The third kappa shape index (κ3) is 4.93. The lowest BCUT2D eigenvalue weighted by Gasteiger charge is -2.36. The van der Waals surface area contributed by atoms with Crippen molar-refractivity contribution in [2.45, 2.75) is 18.9 Å². The summed E-state index contributed by atoms with van der Waals surface area (Å²) in [6, 6.07) is 30.4. The molecular weight excluding hydrogens is 418 g/mol. The first-order valence-electron chi connectivity index (χ1n) is 11.1. The Morgan fingerprint density at radius 1 is 0.971 bits per heavy atom. The molecule has 0 radical (unpaired) electrons. The van der Waals surface area contributed by atoms with Gasteiger partial charge in [0.25, 0.3) is 5.70 Å². The van der Waals surface area contributed by atoms with E-state index in [0.717, 1.165) is 22.5 Å². The van der Waals surface area contributed by atoms with Gasteiger partial charge in [-0.25, -0.2) is 10.1 Å². The molecule has 0 spiro atoms. The van der Waals surface area contributed by atoms with Gasteiger partial charge >= 0.3 is 0 Å². The molecule has 0 fully saturated rings. The summed E-state index contributed by atoms with van der Waals surface area (Å²) in [4.78, 5) is 5.57. The van der Waals surface area contributed by atoms with Crippen LogP contribution < -0.4 is 4.90 Å². The van der Waals surface area contributed by atoms with E-state index in [4.69, 9.17) is 11.3 Å². The van der Waals surface area contributed by atoms with Gasteiger partial charge < -0.3 is 9.64 Å². The smallest absolute Gasteiger partial charge is 0.265 e. The van der Waals surface area contributed by atoms with Gasteiger partial charge in [-0.2, -0.15) is 0 Å². The van der Waals surface area contributed by atoms with Gasteiger partial charge in [0.15, 0.2) is 0 Å². The zero-order chi connectivity index (χ0) is 24.0. The van der Waals surface area contributed by atoms with Crippen LogP contribution in [0.5, 0.6) is 0 Å². The van der Waals surface area contributed by atoms with Crippen LogP contribution in [0, 0.1) is 17.9 Å². The van der Waals surface area contributed by atoms with E-state index in [2.05, 4.69) is 46.1 Å². The van der Waals surface area contributed by atoms with E-state index in [0.29, 0.717) is 17.8 Å². The Hall–Kier alpha value is -4.54. The predicted molar refractivity (Wildman–Crippen MR) is 137 cm³/mol. The van der Waals surface area contributed by atoms with Gasteiger partial charge in [-0.3, -0.25) is 0 Å². The fraction of sp³-hybridized carbons (Fsp3) is 0.133. The maximum atomic E-state index is 9.45. The fourth-order valence-electron chi connectivity index (χ4n) is 4.05. The van der Waals surface area contributed by atoms with Crippen molar-refractivity contribution >= 4 is 17.5 Å². The van der Waals surface area contributed by atoms with Gasteiger partial charge in [-0.1, -0.05) is 66.7 Å². The molecule has 0 saturated carbocycles. The zero-order valence-electron chi connectivity index (χ0n) is 19.3. The molecule has 0 N–H and O–H groups in total. The van der Waals surface area contributed by atoms with E-state index in [-0.39, 0.29) is 5.70 Å². The Labute approximate surface area is 201 Å². The number of nitrogens with zero attached hydrogens (tertiary/aromatic N) is 3. The average Bonchev–Trinajstić information content (AvgIpc) is 2.89. The van der Waals surface area contributed by atoms with E-state index in [9.17, 15) is 5.26 Å². The molecule has 0 amide bonds. The SMILES string of the molecule is [C-]#[N+]C(C#N)=C1C=C(C=Cc2ccc(N(C)c3ccccc3)cc2)OC(C)(c2ccccc2)C1. The molecule has 0 saturated heterocycles. The quantitative estimate of drug-likeness (QED) is 0.305. The van der Waals surface area contributed by atoms with Crippen molar-refractivity contribution in [3.63, 3.8) is 0 Å². The molecule has 34 heavy (non-hydrogen) atoms. The van der Waals surface area contributed by atoms with E-state index >= 15 is 0 Å². The van der Waals surface area contributed by atoms with Gasteiger partial charge in [0.1, 0.15) is 11.4 Å². The number of hydrogen-bond donors (Lipinski definition) is 0. The molecule has 1 heterocycles. The van der Waals surface area contributed by atoms with E-state index in [1.807, 2.05) is 80.7 Å². The van der Waals surface area contributed by atoms with Crippen molar-refractivity contribution in [1.29, 1.82) is 5.26 Å². The Balaban J connectivity index is 1.60. The van der Waals surface area contributed by atoms with E-state index < -0.39 is 5.60 Å². The number of benzene rings is 3. The lowest BCUT2D eigenvalue weighted by Crippen LogP contribution is -2.29. The summed E-state index contributed by atoms with van der Waals surface area (Å²) >= 11 is 0. The summed E-state index contributed by atoms with van der Waals surface area (Å²) in [5, 5.41) is 9.45. The Morgan fingerprint density at radius 3 is 2.21 bits per heavy atom. The highest BCUT2D eigenvalue weighted by Crippen LogP contribution is 2.40. The van der Waals surface area contributed by atoms with Crippen molar-refractivity contribution < 1.29 is 4.74 Å². The van der Waals surface area contributed by atoms with Crippen LogP contribution in [0.25, 0.3) is 10.9 Å². The number of anilines is 2. The third-order valence-electron chi connectivity index (χ3n) is 5.96. The van der Waals surface area contributed by atoms with Crippen molar-refractivity contribution in [3.8, 4) is 6.07 Å². The maximum Gasteiger partial charge on any atom is 0.265 e. The maximum absolute atomic E-state index is 9.45. The number of nitriles is 1. The second kappa shape index (κ2) is 9.94. The minimum absolute atomic E-state index is 0.102. The minimum Gasteiger partial charge on any atom is -0.483 e. The molecule has 4 heteroatoms. The van der Waals surface area contributed by atoms with Crippen LogP contribution in [0.15, 0.2) is 114 Å². The van der Waals surface area contributed by atoms with Crippen molar-refractivity contribution in [2.24, 2.45) is 0 Å². The summed E-state index contributed by atoms with van der Waals surface area (Å²) in [6.07, 6.45) is 6.14. The van der Waals surface area contributed by atoms with Gasteiger partial charge in [-0.15, -0.1) is 0 Å². The highest BCUT2D eigenvalue weighted by atomic mass is 16.5. The molecular formula is C30H25N3O. The Bertz CT molecular complexity index is 1310. The van der Waals surface area contributed by atoms with Gasteiger partial charge in [0.2, 0.25) is 0 Å². The largest absolute Gasteiger partial charge is 0.483 e. The molecule has 4 rings (SSSR count). The lowest BCUT2D eigenvalue weighted by atomic mass is 9.85. The topological polar surface area (TPSA) is 40.6 Å². The number of hydrogen-bond acceptors (Lipinski definition) is 3. The number of para-hydroxylation sites is 1. The highest BCUT2D eigenvalue weighted by Gasteiger charge is 2.34. The average molecular weight is 444 g/mol. The fourth-order valence-corrected chi connectivity index (χ4v) is 4.05. The molecule has 0 aliphatic carbocycles. The molecule has 3 aromatic rings. The Kier molecular flexibility index (Phi) is 6.62. The second-order valence-corrected chi connectivity index (χ2v) is 8.34. The van der Waals surface area contributed by atoms with Crippen LogP contribution in [0.4, 0.5) is 11.4 Å². The normalized spacial score (nSPS) is 18.9. The Morgan fingerprint density at radius 2 is 1.59 bits per heavy atom. The van der Waals surface area contributed by atoms with Gasteiger partial charge in [0, 0.05) is 24.8 Å². The number of allylic oxidation sites excluding steroid dienone is 3. The van der Waals surface area contributed by atoms with Crippen LogP contribution in [-0.2, 0) is 10.3 Å². The molecule has 0 bridgehead atoms. The molecule has 1 atom stereocenters. The first kappa shape index (κ1) is 22.6. The highest BCUT2D eigenvalue weighted by molar-refractivity contribution is 5.65. The molecule has 3 aromatic carbocycles. The summed E-state index contributed by atoms with van der Waals surface area (Å²) in [7, 11) is 2.04. The zero-order valence-corrected chi connectivity index (χ0v) is 19.3. The summed E-state index contributed by atoms with van der Waals surface area (Å²) < 4.78 is 6.39. The van der Waals surface area contributed by atoms with E-state index in [1.54, 1.807) is 6.08 Å². The van der Waals surface area contributed by atoms with E-state index in [1.165, 1.54) is 0 Å². The lowest BCUT2D eigenvalue weighted by molar-refractivity contribution is 0.0143. The number of rotatable bonds is 5. The minimum atomic E-state index is -0.667. The van der Waals surface area contributed by atoms with Crippen LogP contribution in [0.3, 0.4) is 0 Å². The molecule has 166 valence electrons. The monoisotopic (exact) mass is 443 g/mol. The molecule has 1 aliphatic heterocycles. The third-order valence-corrected chi connectivity index (χ3v) is 5.96. The van der Waals surface area contributed by atoms with Crippen LogP contribution in [0.2, 0.25) is 0 Å². The molecule has 0 aromatic heterocycles. The van der Waals surface area contributed by atoms with Crippen LogP contribution >= 0.6 is 0 Å². The first-order valence-corrected chi connectivity index (χ1v) is 11.1. The van der Waals surface area contributed by atoms with Crippen molar-refractivity contribution in [2.75, 3.05) is 11.9 Å². The summed E-state index contributed by atoms with van der Waals surface area (Å²) in [6.45, 7) is 9.40. The van der Waals surface area contributed by atoms with Gasteiger partial charge in [0.05, 0.1) is 12.6 Å². The van der Waals surface area contributed by atoms with Crippen LogP contribution in [0.1, 0.15) is 24.5 Å². The van der Waals surface area contributed by atoms with Crippen LogP contribution in [-0.4, -0.2) is 7.05 Å². The first-order chi connectivity index (χ1) is 16.5.